The van der Waals surface area contributed by atoms with Crippen molar-refractivity contribution in [3.05, 3.63) is 82.9 Å². The maximum atomic E-state index is 14.7. The summed E-state index contributed by atoms with van der Waals surface area (Å²) in [6, 6.07) is 14.2. The number of benzene rings is 3. The first-order chi connectivity index (χ1) is 15.2. The van der Waals surface area contributed by atoms with E-state index in [0.29, 0.717) is 0 Å². The molecule has 0 saturated carbocycles. The molecule has 3 aromatic rings. The molecule has 0 aliphatic carbocycles. The standard InChI is InChI=1S/C23H19ClF2N2O4/c1-13(2)31-20-12-19(27-23(30)32-14-7-4-3-5-8-14)18(26)11-15(20)22(29)28-21-16(24)9-6-10-17(21)25/h3-13H,1-2H3,(H,27,30)(H,28,29). The minimum atomic E-state index is -0.930. The maximum absolute atomic E-state index is 14.7. The van der Waals surface area contributed by atoms with Gasteiger partial charge in [0.05, 0.1) is 28.1 Å². The first kappa shape index (κ1) is 23.0. The minimum absolute atomic E-state index is 0.0212. The molecule has 0 aliphatic heterocycles. The Bertz CT molecular complexity index is 1120. The highest BCUT2D eigenvalue weighted by atomic mass is 35.5. The lowest BCUT2D eigenvalue weighted by molar-refractivity contribution is 0.102. The van der Waals surface area contributed by atoms with Gasteiger partial charge in [0.1, 0.15) is 23.1 Å². The van der Waals surface area contributed by atoms with Crippen molar-refractivity contribution in [2.75, 3.05) is 10.6 Å². The summed E-state index contributed by atoms with van der Waals surface area (Å²) in [4.78, 5) is 24.9. The van der Waals surface area contributed by atoms with Crippen molar-refractivity contribution < 1.29 is 27.8 Å². The predicted molar refractivity (Wildman–Crippen MR) is 118 cm³/mol. The molecule has 0 radical (unpaired) electrons. The van der Waals surface area contributed by atoms with E-state index in [-0.39, 0.29) is 39.6 Å². The predicted octanol–water partition coefficient (Wildman–Crippen LogP) is 6.27. The molecule has 9 heteroatoms. The number of nitrogens with one attached hydrogen (secondary N) is 2. The molecule has 0 bridgehead atoms. The highest BCUT2D eigenvalue weighted by Crippen LogP contribution is 2.31. The molecular weight excluding hydrogens is 442 g/mol. The lowest BCUT2D eigenvalue weighted by Gasteiger charge is -2.17. The number of carbonyl (C=O) groups is 2. The second kappa shape index (κ2) is 10.1. The third kappa shape index (κ3) is 5.73. The van der Waals surface area contributed by atoms with E-state index >= 15 is 0 Å². The van der Waals surface area contributed by atoms with Crippen LogP contribution in [0.25, 0.3) is 0 Å². The number of halogens is 3. The Hall–Kier alpha value is -3.65. The highest BCUT2D eigenvalue weighted by Gasteiger charge is 2.21. The first-order valence-electron chi connectivity index (χ1n) is 9.54. The van der Waals surface area contributed by atoms with E-state index in [2.05, 4.69) is 10.6 Å². The number of rotatable bonds is 6. The van der Waals surface area contributed by atoms with Crippen molar-refractivity contribution in [3.8, 4) is 11.5 Å². The van der Waals surface area contributed by atoms with Crippen LogP contribution in [0.2, 0.25) is 5.02 Å². The molecule has 2 N–H and O–H groups in total. The molecule has 2 amide bonds. The SMILES string of the molecule is CC(C)Oc1cc(NC(=O)Oc2ccccc2)c(F)cc1C(=O)Nc1c(F)cccc1Cl. The van der Waals surface area contributed by atoms with E-state index in [0.717, 1.165) is 18.2 Å². The van der Waals surface area contributed by atoms with Crippen LogP contribution < -0.4 is 20.1 Å². The largest absolute Gasteiger partial charge is 0.490 e. The second-order valence-corrected chi connectivity index (χ2v) is 7.28. The third-order valence-corrected chi connectivity index (χ3v) is 4.38. The van der Waals surface area contributed by atoms with Gasteiger partial charge in [-0.15, -0.1) is 0 Å². The summed E-state index contributed by atoms with van der Waals surface area (Å²) in [5.74, 6) is -2.27. The van der Waals surface area contributed by atoms with Gasteiger partial charge in [-0.3, -0.25) is 10.1 Å². The molecule has 6 nitrogen and oxygen atoms in total. The molecule has 0 aromatic heterocycles. The van der Waals surface area contributed by atoms with E-state index < -0.39 is 23.6 Å². The number of carbonyl (C=O) groups excluding carboxylic acids is 2. The summed E-state index contributed by atoms with van der Waals surface area (Å²) >= 11 is 5.94. The zero-order valence-corrected chi connectivity index (χ0v) is 17.9. The van der Waals surface area contributed by atoms with E-state index in [1.165, 1.54) is 12.1 Å². The van der Waals surface area contributed by atoms with E-state index in [1.807, 2.05) is 0 Å². The van der Waals surface area contributed by atoms with Gasteiger partial charge in [-0.05, 0) is 44.2 Å². The van der Waals surface area contributed by atoms with Crippen LogP contribution >= 0.6 is 11.6 Å². The van der Waals surface area contributed by atoms with E-state index in [1.54, 1.807) is 44.2 Å². The molecule has 0 unspecified atom stereocenters. The molecular formula is C23H19ClF2N2O4. The Morgan fingerprint density at radius 2 is 1.66 bits per heavy atom. The highest BCUT2D eigenvalue weighted by molar-refractivity contribution is 6.34. The summed E-state index contributed by atoms with van der Waals surface area (Å²) in [6.45, 7) is 3.41. The van der Waals surface area contributed by atoms with Gasteiger partial charge < -0.3 is 14.8 Å². The van der Waals surface area contributed by atoms with Crippen molar-refractivity contribution >= 4 is 35.0 Å². The van der Waals surface area contributed by atoms with Crippen LogP contribution in [-0.4, -0.2) is 18.1 Å². The Kier molecular flexibility index (Phi) is 7.27. The van der Waals surface area contributed by atoms with Crippen molar-refractivity contribution in [1.82, 2.24) is 0 Å². The molecule has 3 aromatic carbocycles. The summed E-state index contributed by atoms with van der Waals surface area (Å²) in [5.41, 5.74) is -0.719. The Balaban J connectivity index is 1.87. The van der Waals surface area contributed by atoms with Crippen LogP contribution in [0, 0.1) is 11.6 Å². The quantitative estimate of drug-likeness (QED) is 0.454. The average Bonchev–Trinajstić information content (AvgIpc) is 2.73. The summed E-state index contributed by atoms with van der Waals surface area (Å²) < 4.78 is 39.5. The number of hydrogen-bond donors (Lipinski definition) is 2. The van der Waals surface area contributed by atoms with E-state index in [9.17, 15) is 18.4 Å². The zero-order valence-electron chi connectivity index (χ0n) is 17.1. The van der Waals surface area contributed by atoms with Gasteiger partial charge in [-0.25, -0.2) is 13.6 Å². The Morgan fingerprint density at radius 3 is 2.31 bits per heavy atom. The Labute approximate surface area is 188 Å². The number of para-hydroxylation sites is 2. The normalized spacial score (nSPS) is 10.6. The van der Waals surface area contributed by atoms with Crippen molar-refractivity contribution in [2.24, 2.45) is 0 Å². The number of amides is 2. The Morgan fingerprint density at radius 1 is 0.938 bits per heavy atom. The van der Waals surface area contributed by atoms with Crippen LogP contribution in [0.4, 0.5) is 25.0 Å². The van der Waals surface area contributed by atoms with Crippen molar-refractivity contribution in [3.63, 3.8) is 0 Å². The molecule has 32 heavy (non-hydrogen) atoms. The van der Waals surface area contributed by atoms with Gasteiger partial charge in [-0.1, -0.05) is 35.9 Å². The maximum Gasteiger partial charge on any atom is 0.417 e. The topological polar surface area (TPSA) is 76.7 Å². The summed E-state index contributed by atoms with van der Waals surface area (Å²) in [5, 5.41) is 4.58. The van der Waals surface area contributed by atoms with Crippen LogP contribution in [0.3, 0.4) is 0 Å². The van der Waals surface area contributed by atoms with Gasteiger partial charge in [0.15, 0.2) is 0 Å². The van der Waals surface area contributed by atoms with Crippen LogP contribution in [-0.2, 0) is 0 Å². The molecule has 0 fully saturated rings. The molecule has 0 aliphatic rings. The smallest absolute Gasteiger partial charge is 0.417 e. The minimum Gasteiger partial charge on any atom is -0.490 e. The van der Waals surface area contributed by atoms with Gasteiger partial charge in [0, 0.05) is 6.07 Å². The number of hydrogen-bond acceptors (Lipinski definition) is 4. The van der Waals surface area contributed by atoms with Crippen LogP contribution in [0.1, 0.15) is 24.2 Å². The molecule has 0 spiro atoms. The van der Waals surface area contributed by atoms with Crippen LogP contribution in [0.15, 0.2) is 60.7 Å². The third-order valence-electron chi connectivity index (χ3n) is 4.07. The second-order valence-electron chi connectivity index (χ2n) is 6.87. The first-order valence-corrected chi connectivity index (χ1v) is 9.92. The van der Waals surface area contributed by atoms with Gasteiger partial charge in [0.25, 0.3) is 5.91 Å². The number of ether oxygens (including phenoxy) is 2. The van der Waals surface area contributed by atoms with Crippen LogP contribution in [0.5, 0.6) is 11.5 Å². The summed E-state index contributed by atoms with van der Waals surface area (Å²) in [7, 11) is 0. The fourth-order valence-corrected chi connectivity index (χ4v) is 2.92. The fourth-order valence-electron chi connectivity index (χ4n) is 2.71. The van der Waals surface area contributed by atoms with E-state index in [4.69, 9.17) is 21.1 Å². The fraction of sp³-hybridized carbons (Fsp3) is 0.130. The monoisotopic (exact) mass is 460 g/mol. The number of anilines is 2. The molecule has 3 rings (SSSR count). The zero-order chi connectivity index (χ0) is 23.3. The summed E-state index contributed by atoms with van der Waals surface area (Å²) in [6.07, 6.45) is -1.31. The van der Waals surface area contributed by atoms with Gasteiger partial charge in [0.2, 0.25) is 0 Å². The van der Waals surface area contributed by atoms with Gasteiger partial charge >= 0.3 is 6.09 Å². The van der Waals surface area contributed by atoms with Crippen molar-refractivity contribution in [2.45, 2.75) is 20.0 Å². The molecule has 0 saturated heterocycles. The van der Waals surface area contributed by atoms with Gasteiger partial charge in [-0.2, -0.15) is 0 Å². The van der Waals surface area contributed by atoms with Crippen molar-refractivity contribution in [1.29, 1.82) is 0 Å². The molecule has 166 valence electrons. The average molecular weight is 461 g/mol. The molecule has 0 heterocycles. The lowest BCUT2D eigenvalue weighted by atomic mass is 10.1. The lowest BCUT2D eigenvalue weighted by Crippen LogP contribution is -2.20. The molecule has 0 atom stereocenters.